The maximum atomic E-state index is 13.5. The van der Waals surface area contributed by atoms with Crippen LogP contribution in [0.2, 0.25) is 0 Å². The monoisotopic (exact) mass is 426 g/mol. The number of amides is 1. The molecule has 162 valence electrons. The summed E-state index contributed by atoms with van der Waals surface area (Å²) in [5.74, 6) is 0.596. The predicted octanol–water partition coefficient (Wildman–Crippen LogP) is 5.73. The van der Waals surface area contributed by atoms with E-state index < -0.39 is 0 Å². The summed E-state index contributed by atoms with van der Waals surface area (Å²) in [5, 5.41) is 0. The Morgan fingerprint density at radius 3 is 2.07 bits per heavy atom. The summed E-state index contributed by atoms with van der Waals surface area (Å²) in [6.45, 7) is 3.27. The van der Waals surface area contributed by atoms with Gasteiger partial charge in [0, 0.05) is 37.3 Å². The molecule has 1 saturated carbocycles. The van der Waals surface area contributed by atoms with E-state index in [1.165, 1.54) is 24.8 Å². The van der Waals surface area contributed by atoms with Gasteiger partial charge in [-0.15, -0.1) is 12.4 Å². The minimum atomic E-state index is 0. The number of anilines is 1. The number of likely N-dealkylation sites (tertiary alicyclic amines) is 1. The van der Waals surface area contributed by atoms with Crippen LogP contribution < -0.4 is 4.90 Å². The van der Waals surface area contributed by atoms with E-state index in [9.17, 15) is 4.79 Å². The molecule has 0 unspecified atom stereocenters. The number of hydrogen-bond acceptors (Lipinski definition) is 2. The number of piperidine rings is 1. The molecule has 2 fully saturated rings. The number of carbonyl (C=O) groups is 1. The van der Waals surface area contributed by atoms with E-state index in [0.717, 1.165) is 57.4 Å². The van der Waals surface area contributed by atoms with Crippen molar-refractivity contribution in [2.45, 2.75) is 57.4 Å². The van der Waals surface area contributed by atoms with Crippen LogP contribution in [0.5, 0.6) is 0 Å². The highest BCUT2D eigenvalue weighted by atomic mass is 35.5. The Morgan fingerprint density at radius 2 is 1.43 bits per heavy atom. The molecule has 1 amide bonds. The van der Waals surface area contributed by atoms with Crippen molar-refractivity contribution < 1.29 is 4.79 Å². The van der Waals surface area contributed by atoms with Crippen molar-refractivity contribution in [3.8, 4) is 0 Å². The van der Waals surface area contributed by atoms with Crippen LogP contribution in [0.25, 0.3) is 0 Å². The number of hydrogen-bond donors (Lipinski definition) is 0. The van der Waals surface area contributed by atoms with Crippen LogP contribution in [0.4, 0.5) is 5.69 Å². The van der Waals surface area contributed by atoms with Gasteiger partial charge in [-0.3, -0.25) is 4.79 Å². The molecule has 0 bridgehead atoms. The lowest BCUT2D eigenvalue weighted by atomic mass is 9.87. The van der Waals surface area contributed by atoms with E-state index in [4.69, 9.17) is 0 Å². The predicted molar refractivity (Wildman–Crippen MR) is 127 cm³/mol. The van der Waals surface area contributed by atoms with E-state index >= 15 is 0 Å². The lowest BCUT2D eigenvalue weighted by Crippen LogP contribution is -2.50. The normalized spacial score (nSPS) is 18.5. The first-order chi connectivity index (χ1) is 14.3. The van der Waals surface area contributed by atoms with Crippen LogP contribution >= 0.6 is 12.4 Å². The van der Waals surface area contributed by atoms with E-state index in [2.05, 4.69) is 64.4 Å². The zero-order chi connectivity index (χ0) is 19.9. The standard InChI is InChI=1S/C26H34N2O.ClH/c29-26(23-12-6-2-7-13-23)28(24-14-8-3-9-15-24)25-17-20-27(21-18-25)19-16-22-10-4-1-5-11-22;/h1,3-5,8-11,14-15,23,25H,2,6-7,12-13,16-21H2;1H. The molecule has 1 aliphatic carbocycles. The second kappa shape index (κ2) is 11.5. The van der Waals surface area contributed by atoms with Gasteiger partial charge in [0.2, 0.25) is 5.91 Å². The molecule has 0 radical (unpaired) electrons. The van der Waals surface area contributed by atoms with Gasteiger partial charge < -0.3 is 9.80 Å². The molecule has 1 saturated heterocycles. The Morgan fingerprint density at radius 1 is 0.833 bits per heavy atom. The Bertz CT molecular complexity index is 753. The molecule has 0 spiro atoms. The van der Waals surface area contributed by atoms with Crippen molar-refractivity contribution in [2.75, 3.05) is 24.5 Å². The van der Waals surface area contributed by atoms with Crippen LogP contribution in [-0.4, -0.2) is 36.5 Å². The molecule has 3 nitrogen and oxygen atoms in total. The molecule has 2 aromatic rings. The van der Waals surface area contributed by atoms with Crippen LogP contribution in [0.3, 0.4) is 0 Å². The fourth-order valence-corrected chi connectivity index (χ4v) is 4.99. The Hall–Kier alpha value is -1.84. The number of halogens is 1. The van der Waals surface area contributed by atoms with Gasteiger partial charge in [0.1, 0.15) is 0 Å². The zero-order valence-corrected chi connectivity index (χ0v) is 18.7. The van der Waals surface area contributed by atoms with Gasteiger partial charge in [0.05, 0.1) is 0 Å². The fourth-order valence-electron chi connectivity index (χ4n) is 4.99. The van der Waals surface area contributed by atoms with Crippen molar-refractivity contribution in [3.63, 3.8) is 0 Å². The minimum absolute atomic E-state index is 0. The lowest BCUT2D eigenvalue weighted by molar-refractivity contribution is -0.124. The molecule has 2 aromatic carbocycles. The van der Waals surface area contributed by atoms with Crippen molar-refractivity contribution in [1.29, 1.82) is 0 Å². The Labute approximate surface area is 187 Å². The quantitative estimate of drug-likeness (QED) is 0.588. The first-order valence-corrected chi connectivity index (χ1v) is 11.5. The first kappa shape index (κ1) is 22.8. The topological polar surface area (TPSA) is 23.6 Å². The maximum Gasteiger partial charge on any atom is 0.230 e. The third-order valence-electron chi connectivity index (χ3n) is 6.71. The SMILES string of the molecule is Cl.O=C(C1CCCCC1)N(c1ccccc1)C1CCN(CCc2ccccc2)CC1. The van der Waals surface area contributed by atoms with Crippen LogP contribution in [0.1, 0.15) is 50.5 Å². The molecule has 1 heterocycles. The van der Waals surface area contributed by atoms with E-state index in [0.29, 0.717) is 11.9 Å². The largest absolute Gasteiger partial charge is 0.309 e. The number of benzene rings is 2. The second-order valence-electron chi connectivity index (χ2n) is 8.69. The van der Waals surface area contributed by atoms with Gasteiger partial charge in [-0.1, -0.05) is 67.8 Å². The minimum Gasteiger partial charge on any atom is -0.309 e. The number of carbonyl (C=O) groups excluding carboxylic acids is 1. The second-order valence-corrected chi connectivity index (χ2v) is 8.69. The highest BCUT2D eigenvalue weighted by molar-refractivity contribution is 5.95. The molecule has 4 rings (SSSR count). The molecule has 1 aliphatic heterocycles. The highest BCUT2D eigenvalue weighted by Crippen LogP contribution is 2.31. The summed E-state index contributed by atoms with van der Waals surface area (Å²) in [5.41, 5.74) is 2.50. The Balaban J connectivity index is 0.00000256. The third-order valence-corrected chi connectivity index (χ3v) is 6.71. The summed E-state index contributed by atoms with van der Waals surface area (Å²) in [7, 11) is 0. The van der Waals surface area contributed by atoms with Gasteiger partial charge in [-0.2, -0.15) is 0 Å². The summed E-state index contributed by atoms with van der Waals surface area (Å²) in [4.78, 5) is 18.2. The van der Waals surface area contributed by atoms with Crippen LogP contribution in [0, 0.1) is 5.92 Å². The molecular weight excluding hydrogens is 392 g/mol. The van der Waals surface area contributed by atoms with Gasteiger partial charge in [-0.05, 0) is 49.8 Å². The zero-order valence-electron chi connectivity index (χ0n) is 17.9. The smallest absolute Gasteiger partial charge is 0.230 e. The van der Waals surface area contributed by atoms with Crippen LogP contribution in [-0.2, 0) is 11.2 Å². The molecule has 0 aromatic heterocycles. The molecule has 0 atom stereocenters. The molecule has 4 heteroatoms. The average Bonchev–Trinajstić information content (AvgIpc) is 2.81. The summed E-state index contributed by atoms with van der Waals surface area (Å²) >= 11 is 0. The van der Waals surface area contributed by atoms with E-state index in [-0.39, 0.29) is 18.3 Å². The molecule has 0 N–H and O–H groups in total. The summed E-state index contributed by atoms with van der Waals surface area (Å²) in [6.07, 6.45) is 9.08. The van der Waals surface area contributed by atoms with E-state index in [1.54, 1.807) is 0 Å². The van der Waals surface area contributed by atoms with E-state index in [1.807, 2.05) is 6.07 Å². The fraction of sp³-hybridized carbons (Fsp3) is 0.500. The summed E-state index contributed by atoms with van der Waals surface area (Å²) in [6, 6.07) is 21.5. The Kier molecular flexibility index (Phi) is 8.77. The van der Waals surface area contributed by atoms with Crippen molar-refractivity contribution >= 4 is 24.0 Å². The van der Waals surface area contributed by atoms with Gasteiger partial charge in [0.15, 0.2) is 0 Å². The van der Waals surface area contributed by atoms with Crippen molar-refractivity contribution in [3.05, 3.63) is 66.2 Å². The van der Waals surface area contributed by atoms with Crippen LogP contribution in [0.15, 0.2) is 60.7 Å². The van der Waals surface area contributed by atoms with Gasteiger partial charge in [-0.25, -0.2) is 0 Å². The number of rotatable bonds is 6. The molecular formula is C26H35ClN2O. The first-order valence-electron chi connectivity index (χ1n) is 11.5. The number of nitrogens with zero attached hydrogens (tertiary/aromatic N) is 2. The maximum absolute atomic E-state index is 13.5. The van der Waals surface area contributed by atoms with Crippen molar-refractivity contribution in [2.24, 2.45) is 5.92 Å². The number of para-hydroxylation sites is 1. The highest BCUT2D eigenvalue weighted by Gasteiger charge is 2.33. The molecule has 2 aliphatic rings. The summed E-state index contributed by atoms with van der Waals surface area (Å²) < 4.78 is 0. The lowest BCUT2D eigenvalue weighted by Gasteiger charge is -2.40. The van der Waals surface area contributed by atoms with Crippen molar-refractivity contribution in [1.82, 2.24) is 4.90 Å². The molecule has 30 heavy (non-hydrogen) atoms. The van der Waals surface area contributed by atoms with Gasteiger partial charge in [0.25, 0.3) is 0 Å². The average molecular weight is 427 g/mol. The third kappa shape index (κ3) is 5.86. The van der Waals surface area contributed by atoms with Gasteiger partial charge >= 0.3 is 0 Å².